The summed E-state index contributed by atoms with van der Waals surface area (Å²) in [6, 6.07) is 0. The average molecular weight is 310 g/mol. The molecule has 1 atom stereocenters. The second-order valence-corrected chi connectivity index (χ2v) is 6.68. The van der Waals surface area contributed by atoms with Gasteiger partial charge in [-0.05, 0) is 20.8 Å². The number of halogens is 1. The Morgan fingerprint density at radius 3 is 2.57 bits per heavy atom. The Morgan fingerprint density at radius 1 is 1.64 bits per heavy atom. The summed E-state index contributed by atoms with van der Waals surface area (Å²) in [6.45, 7) is 5.99. The highest BCUT2D eigenvalue weighted by atomic mass is 127. The Hall–Kier alpha value is -0.260. The Labute approximate surface area is 98.0 Å². The lowest BCUT2D eigenvalue weighted by molar-refractivity contribution is -0.136. The second kappa shape index (κ2) is 4.08. The van der Waals surface area contributed by atoms with Crippen molar-refractivity contribution in [3.8, 4) is 0 Å². The summed E-state index contributed by atoms with van der Waals surface area (Å²) >= 11 is 2.33. The van der Waals surface area contributed by atoms with Gasteiger partial charge in [0.25, 0.3) is 0 Å². The van der Waals surface area contributed by atoms with Crippen molar-refractivity contribution >= 4 is 28.6 Å². The topological polar surface area (TPSA) is 35.5 Å². The van der Waals surface area contributed by atoms with Crippen LogP contribution in [0.15, 0.2) is 11.3 Å². The van der Waals surface area contributed by atoms with Crippen LogP contribution in [0.4, 0.5) is 0 Å². The van der Waals surface area contributed by atoms with Gasteiger partial charge in [-0.1, -0.05) is 22.6 Å². The van der Waals surface area contributed by atoms with E-state index in [2.05, 4.69) is 41.2 Å². The molecule has 0 N–H and O–H groups in total. The standard InChI is InChI=1S/C10H15IO3/c1-6-7(9(12)13-4)5-8(14-6)10(2,3)11/h8H,5H2,1-4H3. The number of esters is 1. The molecule has 14 heavy (non-hydrogen) atoms. The van der Waals surface area contributed by atoms with E-state index in [9.17, 15) is 4.79 Å². The van der Waals surface area contributed by atoms with Gasteiger partial charge in [-0.15, -0.1) is 0 Å². The number of methoxy groups -OCH3 is 1. The highest BCUT2D eigenvalue weighted by Gasteiger charge is 2.37. The van der Waals surface area contributed by atoms with Gasteiger partial charge < -0.3 is 9.47 Å². The number of rotatable bonds is 2. The highest BCUT2D eigenvalue weighted by molar-refractivity contribution is 14.1. The monoisotopic (exact) mass is 310 g/mol. The lowest BCUT2D eigenvalue weighted by atomic mass is 10.0. The highest BCUT2D eigenvalue weighted by Crippen LogP contribution is 2.36. The molecule has 0 aromatic rings. The van der Waals surface area contributed by atoms with Gasteiger partial charge in [0.05, 0.1) is 16.1 Å². The van der Waals surface area contributed by atoms with Crippen molar-refractivity contribution in [1.82, 2.24) is 0 Å². The van der Waals surface area contributed by atoms with E-state index in [1.807, 2.05) is 6.92 Å². The van der Waals surface area contributed by atoms with Crippen LogP contribution in [0, 0.1) is 0 Å². The molecule has 0 aromatic heterocycles. The zero-order valence-electron chi connectivity index (χ0n) is 8.89. The smallest absolute Gasteiger partial charge is 0.337 e. The molecular weight excluding hydrogens is 295 g/mol. The summed E-state index contributed by atoms with van der Waals surface area (Å²) in [6.07, 6.45) is 0.714. The van der Waals surface area contributed by atoms with Crippen molar-refractivity contribution < 1.29 is 14.3 Å². The van der Waals surface area contributed by atoms with Crippen molar-refractivity contribution in [3.63, 3.8) is 0 Å². The molecule has 0 saturated carbocycles. The number of hydrogen-bond donors (Lipinski definition) is 0. The van der Waals surface area contributed by atoms with E-state index in [1.54, 1.807) is 0 Å². The van der Waals surface area contributed by atoms with Gasteiger partial charge in [-0.3, -0.25) is 0 Å². The molecule has 0 spiro atoms. The van der Waals surface area contributed by atoms with Crippen LogP contribution in [0.3, 0.4) is 0 Å². The Bertz CT molecular complexity index is 276. The minimum Gasteiger partial charge on any atom is -0.493 e. The summed E-state index contributed by atoms with van der Waals surface area (Å²) < 4.78 is 10.3. The van der Waals surface area contributed by atoms with E-state index in [-0.39, 0.29) is 15.5 Å². The maximum absolute atomic E-state index is 11.3. The van der Waals surface area contributed by atoms with Crippen LogP contribution < -0.4 is 0 Å². The molecule has 0 amide bonds. The zero-order chi connectivity index (χ0) is 10.9. The number of carbonyl (C=O) groups excluding carboxylic acids is 1. The fourth-order valence-electron chi connectivity index (χ4n) is 1.39. The number of allylic oxidation sites excluding steroid dienone is 1. The van der Waals surface area contributed by atoms with Crippen LogP contribution >= 0.6 is 22.6 Å². The Morgan fingerprint density at radius 2 is 2.21 bits per heavy atom. The molecular formula is C10H15IO3. The molecule has 0 aliphatic carbocycles. The van der Waals surface area contributed by atoms with Crippen LogP contribution in [0.5, 0.6) is 0 Å². The lowest BCUT2D eigenvalue weighted by Gasteiger charge is -2.24. The molecule has 4 heteroatoms. The van der Waals surface area contributed by atoms with E-state index in [0.29, 0.717) is 17.8 Å². The molecule has 1 aliphatic rings. The maximum atomic E-state index is 11.3. The summed E-state index contributed by atoms with van der Waals surface area (Å²) in [7, 11) is 1.39. The summed E-state index contributed by atoms with van der Waals surface area (Å²) in [5, 5.41) is 0. The van der Waals surface area contributed by atoms with E-state index in [4.69, 9.17) is 4.74 Å². The molecule has 0 radical (unpaired) electrons. The molecule has 80 valence electrons. The van der Waals surface area contributed by atoms with Gasteiger partial charge in [-0.2, -0.15) is 0 Å². The molecule has 1 unspecified atom stereocenters. The fourth-order valence-corrected chi connectivity index (χ4v) is 1.74. The minimum absolute atomic E-state index is 0.0226. The van der Waals surface area contributed by atoms with Crippen molar-refractivity contribution in [3.05, 3.63) is 11.3 Å². The number of alkyl halides is 1. The molecule has 1 rings (SSSR count). The number of hydrogen-bond acceptors (Lipinski definition) is 3. The quantitative estimate of drug-likeness (QED) is 0.446. The third kappa shape index (κ3) is 2.40. The Kier molecular flexibility index (Phi) is 3.44. The first-order valence-electron chi connectivity index (χ1n) is 4.50. The number of carbonyl (C=O) groups is 1. The van der Waals surface area contributed by atoms with E-state index in [0.717, 1.165) is 0 Å². The number of ether oxygens (including phenoxy) is 2. The molecule has 0 fully saturated rings. The molecule has 1 aliphatic heterocycles. The van der Waals surface area contributed by atoms with Gasteiger partial charge in [0.15, 0.2) is 0 Å². The predicted molar refractivity (Wildman–Crippen MR) is 62.3 cm³/mol. The fraction of sp³-hybridized carbons (Fsp3) is 0.700. The minimum atomic E-state index is -0.273. The summed E-state index contributed by atoms with van der Waals surface area (Å²) in [5.74, 6) is 0.428. The third-order valence-electron chi connectivity index (χ3n) is 2.33. The van der Waals surface area contributed by atoms with Crippen molar-refractivity contribution in [2.75, 3.05) is 7.11 Å². The van der Waals surface area contributed by atoms with E-state index < -0.39 is 0 Å². The SMILES string of the molecule is COC(=O)C1=C(C)OC(C(C)(C)I)C1. The van der Waals surface area contributed by atoms with Crippen molar-refractivity contribution in [2.45, 2.75) is 36.7 Å². The van der Waals surface area contributed by atoms with Gasteiger partial charge in [-0.25, -0.2) is 4.79 Å². The third-order valence-corrected chi connectivity index (χ3v) is 3.03. The first kappa shape index (κ1) is 11.8. The lowest BCUT2D eigenvalue weighted by Crippen LogP contribution is -2.29. The van der Waals surface area contributed by atoms with E-state index in [1.165, 1.54) is 7.11 Å². The molecule has 0 bridgehead atoms. The molecule has 1 heterocycles. The van der Waals surface area contributed by atoms with Crippen LogP contribution in [-0.4, -0.2) is 22.6 Å². The first-order valence-corrected chi connectivity index (χ1v) is 5.57. The average Bonchev–Trinajstić information content (AvgIpc) is 2.45. The van der Waals surface area contributed by atoms with Crippen LogP contribution in [-0.2, 0) is 14.3 Å². The normalized spacial score (nSPS) is 22.2. The van der Waals surface area contributed by atoms with Gasteiger partial charge in [0.1, 0.15) is 11.9 Å². The molecule has 0 aromatic carbocycles. The van der Waals surface area contributed by atoms with Crippen LogP contribution in [0.25, 0.3) is 0 Å². The van der Waals surface area contributed by atoms with Gasteiger partial charge in [0.2, 0.25) is 0 Å². The largest absolute Gasteiger partial charge is 0.493 e. The molecule has 3 nitrogen and oxygen atoms in total. The summed E-state index contributed by atoms with van der Waals surface area (Å²) in [5.41, 5.74) is 0.669. The van der Waals surface area contributed by atoms with Crippen molar-refractivity contribution in [2.24, 2.45) is 0 Å². The molecule has 0 saturated heterocycles. The van der Waals surface area contributed by atoms with Crippen LogP contribution in [0.1, 0.15) is 27.2 Å². The first-order chi connectivity index (χ1) is 6.36. The predicted octanol–water partition coefficient (Wildman–Crippen LogP) is 2.44. The van der Waals surface area contributed by atoms with Crippen molar-refractivity contribution in [1.29, 1.82) is 0 Å². The van der Waals surface area contributed by atoms with Gasteiger partial charge in [0, 0.05) is 6.42 Å². The van der Waals surface area contributed by atoms with E-state index >= 15 is 0 Å². The van der Waals surface area contributed by atoms with Gasteiger partial charge >= 0.3 is 5.97 Å². The maximum Gasteiger partial charge on any atom is 0.337 e. The summed E-state index contributed by atoms with van der Waals surface area (Å²) in [4.78, 5) is 11.3. The zero-order valence-corrected chi connectivity index (χ0v) is 11.0. The Balaban J connectivity index is 2.75. The van der Waals surface area contributed by atoms with Crippen LogP contribution in [0.2, 0.25) is 0 Å². The second-order valence-electron chi connectivity index (χ2n) is 3.90.